The molecular formula is C21H20N4O4. The second kappa shape index (κ2) is 7.21. The van der Waals surface area contributed by atoms with Gasteiger partial charge in [0.25, 0.3) is 5.91 Å². The molecule has 2 N–H and O–H groups in total. The Morgan fingerprint density at radius 3 is 2.90 bits per heavy atom. The number of nitrogens with one attached hydrogen (secondary N) is 1. The van der Waals surface area contributed by atoms with Crippen molar-refractivity contribution in [2.45, 2.75) is 12.8 Å². The lowest BCUT2D eigenvalue weighted by atomic mass is 10.1. The van der Waals surface area contributed by atoms with Gasteiger partial charge >= 0.3 is 0 Å². The molecule has 148 valence electrons. The molecule has 2 aliphatic rings. The summed E-state index contributed by atoms with van der Waals surface area (Å²) in [7, 11) is 0. The number of hydrogen-bond donors (Lipinski definition) is 2. The lowest BCUT2D eigenvalue weighted by Crippen LogP contribution is -2.40. The standard InChI is InChI=1S/C21H20N4O4/c26-21(25-7-9-28-10-8-25)20-19(16-5-6-22-12-18(16)29-20)23-14-2-3-15-13(11-14)1-4-17(15)24-27/h2-3,5-6,11-12,23,27H,1,4,7-10H2. The van der Waals surface area contributed by atoms with Crippen molar-refractivity contribution in [2.24, 2.45) is 5.16 Å². The maximum absolute atomic E-state index is 13.1. The monoisotopic (exact) mass is 392 g/mol. The van der Waals surface area contributed by atoms with Gasteiger partial charge in [0.15, 0.2) is 5.58 Å². The molecule has 0 atom stereocenters. The zero-order valence-electron chi connectivity index (χ0n) is 15.7. The zero-order chi connectivity index (χ0) is 19.8. The number of morpholine rings is 1. The molecular weight excluding hydrogens is 372 g/mol. The first-order chi connectivity index (χ1) is 14.2. The first-order valence-corrected chi connectivity index (χ1v) is 9.59. The summed E-state index contributed by atoms with van der Waals surface area (Å²) in [5.41, 5.74) is 4.81. The number of carbonyl (C=O) groups is 1. The fourth-order valence-electron chi connectivity index (χ4n) is 3.93. The van der Waals surface area contributed by atoms with E-state index < -0.39 is 0 Å². The highest BCUT2D eigenvalue weighted by molar-refractivity contribution is 6.08. The third-order valence-electron chi connectivity index (χ3n) is 5.42. The zero-order valence-corrected chi connectivity index (χ0v) is 15.7. The summed E-state index contributed by atoms with van der Waals surface area (Å²) in [6.45, 7) is 2.12. The average molecular weight is 392 g/mol. The number of nitrogens with zero attached hydrogens (tertiary/aromatic N) is 3. The normalized spacial score (nSPS) is 17.7. The summed E-state index contributed by atoms with van der Waals surface area (Å²) in [6.07, 6.45) is 4.83. The van der Waals surface area contributed by atoms with Crippen LogP contribution in [0, 0.1) is 0 Å². The predicted molar refractivity (Wildman–Crippen MR) is 107 cm³/mol. The summed E-state index contributed by atoms with van der Waals surface area (Å²) >= 11 is 0. The lowest BCUT2D eigenvalue weighted by molar-refractivity contribution is 0.0285. The van der Waals surface area contributed by atoms with Crippen molar-refractivity contribution in [3.63, 3.8) is 0 Å². The molecule has 3 heterocycles. The number of benzene rings is 1. The first kappa shape index (κ1) is 17.7. The number of oxime groups is 1. The molecule has 0 radical (unpaired) electrons. The highest BCUT2D eigenvalue weighted by Crippen LogP contribution is 2.35. The average Bonchev–Trinajstić information content (AvgIpc) is 3.35. The van der Waals surface area contributed by atoms with E-state index in [0.717, 1.165) is 35.0 Å². The van der Waals surface area contributed by atoms with E-state index in [9.17, 15) is 4.79 Å². The molecule has 8 heteroatoms. The Labute approximate surface area is 166 Å². The SMILES string of the molecule is O=C(c1oc2cnccc2c1Nc1ccc2c(c1)CCC2=NO)N1CCOCC1. The van der Waals surface area contributed by atoms with Crippen molar-refractivity contribution in [2.75, 3.05) is 31.6 Å². The number of rotatable bonds is 3. The molecule has 1 amide bonds. The van der Waals surface area contributed by atoms with Crippen LogP contribution < -0.4 is 5.32 Å². The fraction of sp³-hybridized carbons (Fsp3) is 0.286. The number of fused-ring (bicyclic) bond motifs is 2. The van der Waals surface area contributed by atoms with Crippen molar-refractivity contribution >= 4 is 34.0 Å². The Kier molecular flexibility index (Phi) is 4.40. The molecule has 0 bridgehead atoms. The second-order valence-corrected chi connectivity index (χ2v) is 7.13. The van der Waals surface area contributed by atoms with Crippen LogP contribution in [0.4, 0.5) is 11.4 Å². The summed E-state index contributed by atoms with van der Waals surface area (Å²) in [5, 5.41) is 16.7. The molecule has 0 saturated carbocycles. The number of pyridine rings is 1. The minimum Gasteiger partial charge on any atom is -0.447 e. The quantitative estimate of drug-likeness (QED) is 0.525. The summed E-state index contributed by atoms with van der Waals surface area (Å²) < 4.78 is 11.3. The molecule has 0 unspecified atom stereocenters. The van der Waals surface area contributed by atoms with Crippen molar-refractivity contribution in [3.8, 4) is 0 Å². The van der Waals surface area contributed by atoms with Gasteiger partial charge in [-0.1, -0.05) is 11.2 Å². The number of carbonyl (C=O) groups excluding carboxylic acids is 1. The predicted octanol–water partition coefficient (Wildman–Crippen LogP) is 3.17. The van der Waals surface area contributed by atoms with Gasteiger partial charge in [-0.25, -0.2) is 0 Å². The Bertz CT molecular complexity index is 1120. The molecule has 29 heavy (non-hydrogen) atoms. The third kappa shape index (κ3) is 3.11. The Balaban J connectivity index is 1.53. The van der Waals surface area contributed by atoms with E-state index in [2.05, 4.69) is 15.5 Å². The van der Waals surface area contributed by atoms with E-state index >= 15 is 0 Å². The van der Waals surface area contributed by atoms with Gasteiger partial charge in [-0.05, 0) is 36.6 Å². The van der Waals surface area contributed by atoms with Crippen molar-refractivity contribution in [1.82, 2.24) is 9.88 Å². The molecule has 5 rings (SSSR count). The molecule has 3 aromatic rings. The van der Waals surface area contributed by atoms with Crippen LogP contribution >= 0.6 is 0 Å². The lowest BCUT2D eigenvalue weighted by Gasteiger charge is -2.26. The summed E-state index contributed by atoms with van der Waals surface area (Å²) in [4.78, 5) is 19.0. The first-order valence-electron chi connectivity index (χ1n) is 9.59. The van der Waals surface area contributed by atoms with Gasteiger partial charge in [0.05, 0.1) is 30.8 Å². The summed E-state index contributed by atoms with van der Waals surface area (Å²) in [5.74, 6) is 0.107. The Hall–Kier alpha value is -3.39. The van der Waals surface area contributed by atoms with Gasteiger partial charge in [0.1, 0.15) is 0 Å². The van der Waals surface area contributed by atoms with Gasteiger partial charge in [-0.3, -0.25) is 9.78 Å². The van der Waals surface area contributed by atoms with Crippen LogP contribution in [0.1, 0.15) is 28.1 Å². The van der Waals surface area contributed by atoms with Crippen LogP contribution in [0.2, 0.25) is 0 Å². The van der Waals surface area contributed by atoms with E-state index in [0.29, 0.717) is 43.3 Å². The second-order valence-electron chi connectivity index (χ2n) is 7.13. The third-order valence-corrected chi connectivity index (χ3v) is 5.42. The molecule has 1 aliphatic carbocycles. The fourth-order valence-corrected chi connectivity index (χ4v) is 3.93. The molecule has 8 nitrogen and oxygen atoms in total. The van der Waals surface area contributed by atoms with E-state index in [1.54, 1.807) is 17.3 Å². The van der Waals surface area contributed by atoms with Crippen molar-refractivity contribution in [1.29, 1.82) is 0 Å². The van der Waals surface area contributed by atoms with Crippen molar-refractivity contribution < 1.29 is 19.2 Å². The Morgan fingerprint density at radius 1 is 1.21 bits per heavy atom. The van der Waals surface area contributed by atoms with E-state index in [1.807, 2.05) is 24.3 Å². The van der Waals surface area contributed by atoms with Crippen molar-refractivity contribution in [3.05, 3.63) is 53.5 Å². The molecule has 2 aromatic heterocycles. The van der Waals surface area contributed by atoms with Gasteiger partial charge in [0.2, 0.25) is 5.76 Å². The molecule has 0 spiro atoms. The maximum Gasteiger partial charge on any atom is 0.291 e. The number of furan rings is 1. The van der Waals surface area contributed by atoms with Crippen LogP contribution in [-0.2, 0) is 11.2 Å². The highest BCUT2D eigenvalue weighted by atomic mass is 16.5. The number of aryl methyl sites for hydroxylation is 1. The maximum atomic E-state index is 13.1. The number of aromatic nitrogens is 1. The van der Waals surface area contributed by atoms with E-state index in [1.165, 1.54) is 0 Å². The van der Waals surface area contributed by atoms with Gasteiger partial charge in [-0.2, -0.15) is 0 Å². The molecule has 1 saturated heterocycles. The topological polar surface area (TPSA) is 100 Å². The minimum absolute atomic E-state index is 0.164. The minimum atomic E-state index is -0.164. The van der Waals surface area contributed by atoms with Gasteiger partial charge < -0.3 is 24.6 Å². The van der Waals surface area contributed by atoms with Crippen LogP contribution in [0.5, 0.6) is 0 Å². The van der Waals surface area contributed by atoms with Crippen LogP contribution in [0.15, 0.2) is 46.2 Å². The molecule has 1 fully saturated rings. The van der Waals surface area contributed by atoms with Gasteiger partial charge in [0, 0.05) is 35.9 Å². The number of anilines is 2. The van der Waals surface area contributed by atoms with E-state index in [4.69, 9.17) is 14.4 Å². The molecule has 1 aliphatic heterocycles. The van der Waals surface area contributed by atoms with Crippen LogP contribution in [0.3, 0.4) is 0 Å². The molecule has 1 aromatic carbocycles. The summed E-state index contributed by atoms with van der Waals surface area (Å²) in [6, 6.07) is 7.71. The number of hydrogen-bond acceptors (Lipinski definition) is 7. The number of ether oxygens (including phenoxy) is 1. The number of amides is 1. The highest BCUT2D eigenvalue weighted by Gasteiger charge is 2.27. The van der Waals surface area contributed by atoms with Crippen LogP contribution in [-0.4, -0.2) is 53.0 Å². The smallest absolute Gasteiger partial charge is 0.291 e. The van der Waals surface area contributed by atoms with Gasteiger partial charge in [-0.15, -0.1) is 0 Å². The van der Waals surface area contributed by atoms with Crippen LogP contribution in [0.25, 0.3) is 11.0 Å². The van der Waals surface area contributed by atoms with E-state index in [-0.39, 0.29) is 11.7 Å². The largest absolute Gasteiger partial charge is 0.447 e. The Morgan fingerprint density at radius 2 is 2.07 bits per heavy atom.